The first kappa shape index (κ1) is 13.9. The minimum absolute atomic E-state index is 0.242. The van der Waals surface area contributed by atoms with Crippen LogP contribution in [0.3, 0.4) is 0 Å². The Morgan fingerprint density at radius 2 is 1.65 bits per heavy atom. The Labute approximate surface area is 117 Å². The molecule has 0 aliphatic rings. The molecule has 0 saturated heterocycles. The van der Waals surface area contributed by atoms with Crippen molar-refractivity contribution >= 4 is 17.3 Å². The van der Waals surface area contributed by atoms with E-state index >= 15 is 0 Å². The van der Waals surface area contributed by atoms with Gasteiger partial charge in [0, 0.05) is 0 Å². The molecule has 0 fully saturated rings. The van der Waals surface area contributed by atoms with Crippen LogP contribution in [-0.2, 0) is 0 Å². The third-order valence-corrected chi connectivity index (χ3v) is 2.95. The number of hydrogen-bond donors (Lipinski definition) is 1. The third-order valence-electron chi connectivity index (χ3n) is 2.95. The number of nitrogens with zero attached hydrogens (tertiary/aromatic N) is 2. The standard InChI is InChI=1S/C16H16N2O2/c1-11(2)14-5-3-4-6-15(14)18-17-13-9-7-12(8-10-13)16(19)20/h3-11H,1-2H3,(H,19,20)/b18-17+. The zero-order valence-corrected chi connectivity index (χ0v) is 11.4. The van der Waals surface area contributed by atoms with Gasteiger partial charge in [0.2, 0.25) is 0 Å². The van der Waals surface area contributed by atoms with Crippen LogP contribution in [0.5, 0.6) is 0 Å². The third kappa shape index (κ3) is 3.29. The highest BCUT2D eigenvalue weighted by molar-refractivity contribution is 5.87. The minimum Gasteiger partial charge on any atom is -0.478 e. The van der Waals surface area contributed by atoms with Crippen molar-refractivity contribution in [3.05, 3.63) is 59.7 Å². The molecule has 2 aromatic rings. The number of carbonyl (C=O) groups is 1. The summed E-state index contributed by atoms with van der Waals surface area (Å²) in [5.74, 6) is -0.571. The van der Waals surface area contributed by atoms with Gasteiger partial charge in [-0.15, -0.1) is 0 Å². The van der Waals surface area contributed by atoms with Crippen molar-refractivity contribution in [2.24, 2.45) is 10.2 Å². The van der Waals surface area contributed by atoms with Gasteiger partial charge < -0.3 is 5.11 Å². The van der Waals surface area contributed by atoms with Gasteiger partial charge in [0.1, 0.15) is 0 Å². The average Bonchev–Trinajstić information content (AvgIpc) is 2.45. The Morgan fingerprint density at radius 3 is 2.25 bits per heavy atom. The van der Waals surface area contributed by atoms with Crippen LogP contribution < -0.4 is 0 Å². The quantitative estimate of drug-likeness (QED) is 0.799. The minimum atomic E-state index is -0.946. The van der Waals surface area contributed by atoms with Gasteiger partial charge in [0.15, 0.2) is 0 Å². The molecule has 0 heterocycles. The van der Waals surface area contributed by atoms with Crippen LogP contribution in [0.4, 0.5) is 11.4 Å². The maximum atomic E-state index is 10.8. The molecule has 0 aliphatic heterocycles. The Kier molecular flexibility index (Phi) is 4.25. The maximum Gasteiger partial charge on any atom is 0.335 e. The summed E-state index contributed by atoms with van der Waals surface area (Å²) in [7, 11) is 0. The fraction of sp³-hybridized carbons (Fsp3) is 0.188. The second-order valence-electron chi connectivity index (χ2n) is 4.77. The summed E-state index contributed by atoms with van der Waals surface area (Å²) in [6, 6.07) is 14.2. The van der Waals surface area contributed by atoms with Crippen molar-refractivity contribution in [1.82, 2.24) is 0 Å². The molecule has 4 nitrogen and oxygen atoms in total. The smallest absolute Gasteiger partial charge is 0.335 e. The van der Waals surface area contributed by atoms with Gasteiger partial charge in [0.25, 0.3) is 0 Å². The normalized spacial score (nSPS) is 11.2. The fourth-order valence-electron chi connectivity index (χ4n) is 1.85. The van der Waals surface area contributed by atoms with Gasteiger partial charge in [-0.1, -0.05) is 32.0 Å². The maximum absolute atomic E-state index is 10.8. The number of aromatic carboxylic acids is 1. The molecule has 0 amide bonds. The molecule has 0 atom stereocenters. The highest BCUT2D eigenvalue weighted by atomic mass is 16.4. The molecule has 2 aromatic carbocycles. The number of benzene rings is 2. The van der Waals surface area contributed by atoms with E-state index in [1.165, 1.54) is 12.1 Å². The monoisotopic (exact) mass is 268 g/mol. The SMILES string of the molecule is CC(C)c1ccccc1/N=N/c1ccc(C(=O)O)cc1. The van der Waals surface area contributed by atoms with Crippen molar-refractivity contribution in [1.29, 1.82) is 0 Å². The topological polar surface area (TPSA) is 62.0 Å². The predicted octanol–water partition coefficient (Wildman–Crippen LogP) is 4.92. The Morgan fingerprint density at radius 1 is 1.00 bits per heavy atom. The van der Waals surface area contributed by atoms with E-state index in [-0.39, 0.29) is 5.56 Å². The van der Waals surface area contributed by atoms with Crippen molar-refractivity contribution in [3.8, 4) is 0 Å². The molecule has 0 spiro atoms. The van der Waals surface area contributed by atoms with E-state index in [4.69, 9.17) is 5.11 Å². The fourth-order valence-corrected chi connectivity index (χ4v) is 1.85. The van der Waals surface area contributed by atoms with Crippen molar-refractivity contribution < 1.29 is 9.90 Å². The first-order chi connectivity index (χ1) is 9.58. The first-order valence-electron chi connectivity index (χ1n) is 6.42. The van der Waals surface area contributed by atoms with Gasteiger partial charge >= 0.3 is 5.97 Å². The van der Waals surface area contributed by atoms with Crippen LogP contribution in [0.1, 0.15) is 35.7 Å². The molecule has 4 heteroatoms. The summed E-state index contributed by atoms with van der Waals surface area (Å²) in [5.41, 5.74) is 2.85. The van der Waals surface area contributed by atoms with Gasteiger partial charge in [-0.05, 0) is 41.8 Å². The van der Waals surface area contributed by atoms with Gasteiger partial charge in [-0.25, -0.2) is 4.79 Å². The molecular formula is C16H16N2O2. The van der Waals surface area contributed by atoms with Gasteiger partial charge in [-0.2, -0.15) is 10.2 Å². The molecule has 0 aromatic heterocycles. The number of azo groups is 1. The van der Waals surface area contributed by atoms with Gasteiger partial charge in [0.05, 0.1) is 16.9 Å². The lowest BCUT2D eigenvalue weighted by molar-refractivity contribution is 0.0697. The van der Waals surface area contributed by atoms with Crippen molar-refractivity contribution in [2.75, 3.05) is 0 Å². The van der Waals surface area contributed by atoms with E-state index in [2.05, 4.69) is 24.1 Å². The summed E-state index contributed by atoms with van der Waals surface area (Å²) in [4.78, 5) is 10.8. The number of rotatable bonds is 4. The molecule has 20 heavy (non-hydrogen) atoms. The molecule has 2 rings (SSSR count). The highest BCUT2D eigenvalue weighted by Crippen LogP contribution is 2.27. The van der Waals surface area contributed by atoms with E-state index in [9.17, 15) is 4.79 Å². The lowest BCUT2D eigenvalue weighted by atomic mass is 10.0. The Balaban J connectivity index is 2.23. The number of carboxylic acids is 1. The summed E-state index contributed by atoms with van der Waals surface area (Å²) < 4.78 is 0. The molecule has 102 valence electrons. The zero-order valence-electron chi connectivity index (χ0n) is 11.4. The average molecular weight is 268 g/mol. The molecule has 0 radical (unpaired) electrons. The predicted molar refractivity (Wildman–Crippen MR) is 78.1 cm³/mol. The summed E-state index contributed by atoms with van der Waals surface area (Å²) in [5, 5.41) is 17.2. The van der Waals surface area contributed by atoms with E-state index in [0.717, 1.165) is 11.3 Å². The number of hydrogen-bond acceptors (Lipinski definition) is 3. The molecule has 0 aliphatic carbocycles. The zero-order chi connectivity index (χ0) is 14.5. The van der Waals surface area contributed by atoms with Crippen LogP contribution in [0, 0.1) is 0 Å². The molecule has 0 saturated carbocycles. The molecule has 0 unspecified atom stereocenters. The van der Waals surface area contributed by atoms with E-state index in [0.29, 0.717) is 11.6 Å². The largest absolute Gasteiger partial charge is 0.478 e. The molecule has 1 N–H and O–H groups in total. The second-order valence-corrected chi connectivity index (χ2v) is 4.77. The highest BCUT2D eigenvalue weighted by Gasteiger charge is 2.05. The van der Waals surface area contributed by atoms with E-state index < -0.39 is 5.97 Å². The Bertz CT molecular complexity index is 631. The summed E-state index contributed by atoms with van der Waals surface area (Å²) in [6.07, 6.45) is 0. The molecule has 0 bridgehead atoms. The van der Waals surface area contributed by atoms with Crippen LogP contribution >= 0.6 is 0 Å². The summed E-state index contributed by atoms with van der Waals surface area (Å²) in [6.45, 7) is 4.21. The van der Waals surface area contributed by atoms with Crippen LogP contribution in [-0.4, -0.2) is 11.1 Å². The lowest BCUT2D eigenvalue weighted by Gasteiger charge is -2.07. The molecular weight excluding hydrogens is 252 g/mol. The number of carboxylic acid groups (broad SMARTS) is 1. The second kappa shape index (κ2) is 6.10. The van der Waals surface area contributed by atoms with Crippen LogP contribution in [0.15, 0.2) is 58.8 Å². The van der Waals surface area contributed by atoms with Crippen molar-refractivity contribution in [3.63, 3.8) is 0 Å². The van der Waals surface area contributed by atoms with Crippen LogP contribution in [0.2, 0.25) is 0 Å². The van der Waals surface area contributed by atoms with Crippen molar-refractivity contribution in [2.45, 2.75) is 19.8 Å². The first-order valence-corrected chi connectivity index (χ1v) is 6.42. The summed E-state index contributed by atoms with van der Waals surface area (Å²) >= 11 is 0. The van der Waals surface area contributed by atoms with E-state index in [1.54, 1.807) is 12.1 Å². The van der Waals surface area contributed by atoms with E-state index in [1.807, 2.05) is 24.3 Å². The van der Waals surface area contributed by atoms with Crippen LogP contribution in [0.25, 0.3) is 0 Å². The Hall–Kier alpha value is -2.49. The van der Waals surface area contributed by atoms with Gasteiger partial charge in [-0.3, -0.25) is 0 Å². The lowest BCUT2D eigenvalue weighted by Crippen LogP contribution is -1.93.